The minimum absolute atomic E-state index is 0.0693. The van der Waals surface area contributed by atoms with E-state index in [-0.39, 0.29) is 22.0 Å². The molecule has 3 N–H and O–H groups in total. The van der Waals surface area contributed by atoms with E-state index >= 15 is 0 Å². The van der Waals surface area contributed by atoms with Gasteiger partial charge in [-0.05, 0) is 32.3 Å². The molecule has 1 heterocycles. The summed E-state index contributed by atoms with van der Waals surface area (Å²) in [6, 6.07) is 0. The molecule has 1 aliphatic rings. The molecule has 0 bridgehead atoms. The Kier molecular flexibility index (Phi) is 6.36. The van der Waals surface area contributed by atoms with Crippen molar-refractivity contribution in [1.29, 1.82) is 0 Å². The highest BCUT2D eigenvalue weighted by atomic mass is 32.1. The second kappa shape index (κ2) is 8.31. The maximum Gasteiger partial charge on any atom is 0.341 e. The number of carboxylic acids is 1. The summed E-state index contributed by atoms with van der Waals surface area (Å²) in [6.45, 7) is 3.31. The molecular weight excluding hydrogens is 360 g/mol. The van der Waals surface area contributed by atoms with Crippen molar-refractivity contribution in [3.63, 3.8) is 0 Å². The van der Waals surface area contributed by atoms with Crippen molar-refractivity contribution in [2.24, 2.45) is 17.6 Å². The number of carbonyl (C=O) groups is 4. The zero-order chi connectivity index (χ0) is 19.4. The number of hydrogen-bond acceptors (Lipinski definition) is 7. The predicted octanol–water partition coefficient (Wildman–Crippen LogP) is 0.827. The first-order valence-corrected chi connectivity index (χ1v) is 9.21. The van der Waals surface area contributed by atoms with Gasteiger partial charge in [0.2, 0.25) is 5.91 Å². The molecule has 2 atom stereocenters. The van der Waals surface area contributed by atoms with E-state index in [2.05, 4.69) is 5.32 Å². The molecule has 9 heteroatoms. The number of esters is 1. The van der Waals surface area contributed by atoms with E-state index in [1.165, 1.54) is 0 Å². The average molecular weight is 381 g/mol. The second-order valence-electron chi connectivity index (χ2n) is 6.15. The number of amides is 2. The van der Waals surface area contributed by atoms with Crippen LogP contribution in [0.25, 0.3) is 0 Å². The molecule has 0 aliphatic heterocycles. The van der Waals surface area contributed by atoms with E-state index in [1.807, 2.05) is 0 Å². The molecule has 1 fully saturated rings. The number of carboxylic acid groups (broad SMARTS) is 1. The van der Waals surface area contributed by atoms with Crippen LogP contribution in [0.2, 0.25) is 0 Å². The Balaban J connectivity index is 2.33. The van der Waals surface area contributed by atoms with Crippen LogP contribution in [0, 0.1) is 18.8 Å². The van der Waals surface area contributed by atoms with Gasteiger partial charge < -0.3 is 25.7 Å². The molecule has 1 saturated carbocycles. The third-order valence-electron chi connectivity index (χ3n) is 4.49. The second-order valence-corrected chi connectivity index (χ2v) is 7.17. The van der Waals surface area contributed by atoms with Crippen molar-refractivity contribution in [3.8, 4) is 0 Å². The van der Waals surface area contributed by atoms with Gasteiger partial charge in [-0.1, -0.05) is 12.8 Å². The van der Waals surface area contributed by atoms with Crippen molar-refractivity contribution in [2.45, 2.75) is 39.5 Å². The first-order valence-electron chi connectivity index (χ1n) is 8.39. The van der Waals surface area contributed by atoms with E-state index in [4.69, 9.17) is 10.5 Å². The molecule has 0 aromatic carbocycles. The van der Waals surface area contributed by atoms with E-state index < -0.39 is 35.6 Å². The van der Waals surface area contributed by atoms with Crippen molar-refractivity contribution in [1.82, 2.24) is 0 Å². The number of nitrogens with one attached hydrogen (secondary N) is 1. The fourth-order valence-electron chi connectivity index (χ4n) is 3.22. The predicted molar refractivity (Wildman–Crippen MR) is 92.6 cm³/mol. The summed E-state index contributed by atoms with van der Waals surface area (Å²) in [5.74, 6) is -4.78. The topological polar surface area (TPSA) is 139 Å². The van der Waals surface area contributed by atoms with Gasteiger partial charge in [0.25, 0.3) is 5.91 Å². The van der Waals surface area contributed by atoms with Crippen LogP contribution >= 0.6 is 11.3 Å². The Morgan fingerprint density at radius 3 is 2.38 bits per heavy atom. The molecule has 8 nitrogen and oxygen atoms in total. The van der Waals surface area contributed by atoms with Crippen LogP contribution in [0.3, 0.4) is 0 Å². The lowest BCUT2D eigenvalue weighted by Crippen LogP contribution is -2.42. The summed E-state index contributed by atoms with van der Waals surface area (Å²) in [7, 11) is 0. The Hall–Kier alpha value is -2.42. The highest BCUT2D eigenvalue weighted by Crippen LogP contribution is 2.36. The summed E-state index contributed by atoms with van der Waals surface area (Å²) in [6.07, 6.45) is 2.26. The van der Waals surface area contributed by atoms with Crippen molar-refractivity contribution >= 4 is 40.1 Å². The Morgan fingerprint density at radius 2 is 1.85 bits per heavy atom. The number of thiophene rings is 1. The van der Waals surface area contributed by atoms with Crippen LogP contribution in [0.5, 0.6) is 0 Å². The fraction of sp³-hybridized carbons (Fsp3) is 0.529. The van der Waals surface area contributed by atoms with Gasteiger partial charge in [-0.2, -0.15) is 0 Å². The molecule has 0 spiro atoms. The fourth-order valence-corrected chi connectivity index (χ4v) is 4.27. The molecule has 1 aromatic heterocycles. The molecule has 26 heavy (non-hydrogen) atoms. The number of primary amides is 1. The molecular formula is C17H21N2O6S-. The number of aliphatic carboxylic acids is 1. The largest absolute Gasteiger partial charge is 0.550 e. The minimum Gasteiger partial charge on any atom is -0.550 e. The summed E-state index contributed by atoms with van der Waals surface area (Å²) in [5, 5.41) is 14.0. The van der Waals surface area contributed by atoms with Crippen LogP contribution in [0.4, 0.5) is 5.00 Å². The SMILES string of the molecule is CCOC(=O)c1c(NC(=O)[C@@H]2CCCC[C@@H]2C(=O)[O-])sc(C(N)=O)c1C. The highest BCUT2D eigenvalue weighted by Gasteiger charge is 2.33. The van der Waals surface area contributed by atoms with Crippen molar-refractivity contribution < 1.29 is 29.0 Å². The first-order chi connectivity index (χ1) is 12.3. The number of carbonyl (C=O) groups excluding carboxylic acids is 4. The van der Waals surface area contributed by atoms with E-state index in [0.29, 0.717) is 18.4 Å². The van der Waals surface area contributed by atoms with E-state index in [0.717, 1.165) is 24.2 Å². The maximum atomic E-state index is 12.6. The summed E-state index contributed by atoms with van der Waals surface area (Å²) < 4.78 is 4.99. The lowest BCUT2D eigenvalue weighted by Gasteiger charge is -2.31. The summed E-state index contributed by atoms with van der Waals surface area (Å²) >= 11 is 0.880. The zero-order valence-electron chi connectivity index (χ0n) is 14.6. The van der Waals surface area contributed by atoms with Crippen LogP contribution < -0.4 is 16.2 Å². The monoisotopic (exact) mass is 381 g/mol. The van der Waals surface area contributed by atoms with Gasteiger partial charge in [0.1, 0.15) is 5.00 Å². The van der Waals surface area contributed by atoms with Crippen molar-refractivity contribution in [2.75, 3.05) is 11.9 Å². The zero-order valence-corrected chi connectivity index (χ0v) is 15.4. The average Bonchev–Trinajstić information content (AvgIpc) is 2.91. The standard InChI is InChI=1S/C17H22N2O6S/c1-3-25-17(24)11-8(2)12(13(18)20)26-15(11)19-14(21)9-6-4-5-7-10(9)16(22)23/h9-10H,3-7H2,1-2H3,(H2,18,20)(H,19,21)(H,22,23)/p-1/t9-,10+/m1/s1. The van der Waals surface area contributed by atoms with Crippen molar-refractivity contribution in [3.05, 3.63) is 16.0 Å². The van der Waals surface area contributed by atoms with Gasteiger partial charge in [0.15, 0.2) is 0 Å². The van der Waals surface area contributed by atoms with Crippen LogP contribution in [0.1, 0.15) is 58.2 Å². The number of anilines is 1. The quantitative estimate of drug-likeness (QED) is 0.700. The smallest absolute Gasteiger partial charge is 0.341 e. The highest BCUT2D eigenvalue weighted by molar-refractivity contribution is 7.18. The van der Waals surface area contributed by atoms with Crippen LogP contribution in [0.15, 0.2) is 0 Å². The molecule has 142 valence electrons. The molecule has 1 aromatic rings. The molecule has 0 radical (unpaired) electrons. The van der Waals surface area contributed by atoms with Gasteiger partial charge in [-0.25, -0.2) is 4.79 Å². The van der Waals surface area contributed by atoms with Crippen LogP contribution in [-0.4, -0.2) is 30.4 Å². The summed E-state index contributed by atoms with van der Waals surface area (Å²) in [5.41, 5.74) is 5.73. The Labute approximate surface area is 154 Å². The minimum atomic E-state index is -1.25. The van der Waals surface area contributed by atoms with Gasteiger partial charge in [-0.3, -0.25) is 9.59 Å². The Morgan fingerprint density at radius 1 is 1.23 bits per heavy atom. The maximum absolute atomic E-state index is 12.6. The summed E-state index contributed by atoms with van der Waals surface area (Å²) in [4.78, 5) is 47.9. The van der Waals surface area contributed by atoms with Gasteiger partial charge in [0.05, 0.1) is 17.0 Å². The molecule has 0 unspecified atom stereocenters. The normalized spacial score (nSPS) is 19.6. The lowest BCUT2D eigenvalue weighted by molar-refractivity contribution is -0.313. The lowest BCUT2D eigenvalue weighted by atomic mass is 9.79. The van der Waals surface area contributed by atoms with E-state index in [9.17, 15) is 24.3 Å². The molecule has 1 aliphatic carbocycles. The molecule has 2 rings (SSSR count). The van der Waals surface area contributed by atoms with Gasteiger partial charge in [0, 0.05) is 17.8 Å². The third-order valence-corrected chi connectivity index (χ3v) is 5.71. The number of nitrogens with two attached hydrogens (primary N) is 1. The van der Waals surface area contributed by atoms with Gasteiger partial charge >= 0.3 is 5.97 Å². The number of hydrogen-bond donors (Lipinski definition) is 2. The third kappa shape index (κ3) is 4.04. The Bertz CT molecular complexity index is 742. The number of ether oxygens (including phenoxy) is 1. The first kappa shape index (κ1) is 19.9. The molecule has 0 saturated heterocycles. The van der Waals surface area contributed by atoms with E-state index in [1.54, 1.807) is 13.8 Å². The number of rotatable bonds is 6. The molecule has 2 amide bonds. The van der Waals surface area contributed by atoms with Gasteiger partial charge in [-0.15, -0.1) is 11.3 Å². The van der Waals surface area contributed by atoms with Crippen LogP contribution in [-0.2, 0) is 14.3 Å².